The van der Waals surface area contributed by atoms with Crippen molar-refractivity contribution in [3.63, 3.8) is 0 Å². The van der Waals surface area contributed by atoms with Crippen molar-refractivity contribution in [2.24, 2.45) is 0 Å². The normalized spacial score (nSPS) is 13.8. The Kier molecular flexibility index (Phi) is 4.58. The number of aliphatic hydroxyl groups is 1. The molecule has 0 aliphatic heterocycles. The maximum absolute atomic E-state index is 9.89. The predicted octanol–water partition coefficient (Wildman–Crippen LogP) is 0.788. The van der Waals surface area contributed by atoms with E-state index in [-0.39, 0.29) is 6.10 Å². The molecule has 0 aromatic carbocycles. The van der Waals surface area contributed by atoms with Gasteiger partial charge < -0.3 is 10.2 Å². The number of carboxylic acids is 1. The molecule has 0 unspecified atom stereocenters. The van der Waals surface area contributed by atoms with Gasteiger partial charge in [0.05, 0.1) is 6.10 Å². The Morgan fingerprint density at radius 3 is 2.70 bits per heavy atom. The number of hydrogen-bond acceptors (Lipinski definition) is 2. The lowest BCUT2D eigenvalue weighted by Gasteiger charge is -1.97. The highest BCUT2D eigenvalue weighted by molar-refractivity contribution is 5.79. The van der Waals surface area contributed by atoms with Crippen LogP contribution in [0.4, 0.5) is 0 Å². The fourth-order valence-corrected chi connectivity index (χ4v) is 0.522. The summed E-state index contributed by atoms with van der Waals surface area (Å²) in [6, 6.07) is 0. The lowest BCUT2D eigenvalue weighted by Crippen LogP contribution is -1.97. The summed E-state index contributed by atoms with van der Waals surface area (Å²) in [5.41, 5.74) is 0. The molecule has 0 aromatic heterocycles. The molecule has 0 saturated carbocycles. The van der Waals surface area contributed by atoms with Crippen LogP contribution in [0.2, 0.25) is 0 Å². The summed E-state index contributed by atoms with van der Waals surface area (Å²) >= 11 is 0. The van der Waals surface area contributed by atoms with E-state index < -0.39 is 5.97 Å². The average molecular weight is 144 g/mol. The van der Waals surface area contributed by atoms with E-state index in [4.69, 9.17) is 10.2 Å². The van der Waals surface area contributed by atoms with Gasteiger partial charge in [-0.05, 0) is 19.8 Å². The molecular formula is C7H12O3. The molecule has 3 nitrogen and oxygen atoms in total. The first-order valence-electron chi connectivity index (χ1n) is 3.20. The van der Waals surface area contributed by atoms with E-state index in [9.17, 15) is 4.79 Å². The largest absolute Gasteiger partial charge is 0.478 e. The standard InChI is InChI=1S/C7H12O3/c1-6(8)4-2-3-5-7(9)10/h3,5-6,8H,2,4H2,1H3,(H,9,10)/b5-3+/t6-/m1/s1. The van der Waals surface area contributed by atoms with Crippen molar-refractivity contribution in [3.05, 3.63) is 12.2 Å². The summed E-state index contributed by atoms with van der Waals surface area (Å²) in [5.74, 6) is -0.939. The molecule has 58 valence electrons. The number of rotatable bonds is 4. The number of aliphatic hydroxyl groups excluding tert-OH is 1. The van der Waals surface area contributed by atoms with Crippen LogP contribution >= 0.6 is 0 Å². The molecule has 0 spiro atoms. The van der Waals surface area contributed by atoms with Crippen LogP contribution in [0.3, 0.4) is 0 Å². The fourth-order valence-electron chi connectivity index (χ4n) is 0.522. The Labute approximate surface area is 60.0 Å². The highest BCUT2D eigenvalue weighted by Gasteiger charge is 1.91. The molecule has 0 rings (SSSR count). The van der Waals surface area contributed by atoms with Crippen molar-refractivity contribution < 1.29 is 15.0 Å². The van der Waals surface area contributed by atoms with Gasteiger partial charge in [-0.1, -0.05) is 6.08 Å². The zero-order chi connectivity index (χ0) is 7.98. The molecule has 0 aromatic rings. The molecule has 1 atom stereocenters. The van der Waals surface area contributed by atoms with Crippen LogP contribution in [0.5, 0.6) is 0 Å². The molecule has 0 heterocycles. The fraction of sp³-hybridized carbons (Fsp3) is 0.571. The Balaban J connectivity index is 3.27. The first kappa shape index (κ1) is 9.17. The maximum Gasteiger partial charge on any atom is 0.327 e. The Hall–Kier alpha value is -0.830. The summed E-state index contributed by atoms with van der Waals surface area (Å²) < 4.78 is 0. The van der Waals surface area contributed by atoms with Gasteiger partial charge in [0.15, 0.2) is 0 Å². The van der Waals surface area contributed by atoms with Crippen molar-refractivity contribution in [3.8, 4) is 0 Å². The maximum atomic E-state index is 9.89. The van der Waals surface area contributed by atoms with Gasteiger partial charge in [0, 0.05) is 6.08 Å². The van der Waals surface area contributed by atoms with Crippen LogP contribution in [-0.2, 0) is 4.79 Å². The van der Waals surface area contributed by atoms with Crippen molar-refractivity contribution in [1.82, 2.24) is 0 Å². The monoisotopic (exact) mass is 144 g/mol. The molecule has 10 heavy (non-hydrogen) atoms. The van der Waals surface area contributed by atoms with Gasteiger partial charge in [-0.25, -0.2) is 4.79 Å². The molecular weight excluding hydrogens is 132 g/mol. The zero-order valence-electron chi connectivity index (χ0n) is 5.95. The second kappa shape index (κ2) is 4.99. The highest BCUT2D eigenvalue weighted by Crippen LogP contribution is 1.95. The average Bonchev–Trinajstić information content (AvgIpc) is 1.79. The Morgan fingerprint density at radius 1 is 1.70 bits per heavy atom. The third kappa shape index (κ3) is 7.17. The van der Waals surface area contributed by atoms with Gasteiger partial charge in [0.2, 0.25) is 0 Å². The predicted molar refractivity (Wildman–Crippen MR) is 37.7 cm³/mol. The molecule has 3 heteroatoms. The third-order valence-electron chi connectivity index (χ3n) is 1.01. The van der Waals surface area contributed by atoms with E-state index in [1.165, 1.54) is 6.08 Å². The lowest BCUT2D eigenvalue weighted by atomic mass is 10.2. The Morgan fingerprint density at radius 2 is 2.30 bits per heavy atom. The van der Waals surface area contributed by atoms with Crippen LogP contribution < -0.4 is 0 Å². The van der Waals surface area contributed by atoms with E-state index in [1.54, 1.807) is 6.92 Å². The quantitative estimate of drug-likeness (QED) is 0.573. The summed E-state index contributed by atoms with van der Waals surface area (Å²) in [6.45, 7) is 1.68. The minimum Gasteiger partial charge on any atom is -0.478 e. The number of allylic oxidation sites excluding steroid dienone is 1. The number of aliphatic carboxylic acids is 1. The van der Waals surface area contributed by atoms with Gasteiger partial charge in [0.1, 0.15) is 0 Å². The lowest BCUT2D eigenvalue weighted by molar-refractivity contribution is -0.131. The third-order valence-corrected chi connectivity index (χ3v) is 1.01. The van der Waals surface area contributed by atoms with Crippen molar-refractivity contribution in [2.45, 2.75) is 25.9 Å². The highest BCUT2D eigenvalue weighted by atomic mass is 16.4. The van der Waals surface area contributed by atoms with Crippen LogP contribution in [0.15, 0.2) is 12.2 Å². The summed E-state index contributed by atoms with van der Waals surface area (Å²) in [4.78, 5) is 9.89. The van der Waals surface area contributed by atoms with Gasteiger partial charge in [0.25, 0.3) is 0 Å². The first-order valence-corrected chi connectivity index (χ1v) is 3.20. The molecule has 0 saturated heterocycles. The molecule has 0 aliphatic rings. The van der Waals surface area contributed by atoms with E-state index >= 15 is 0 Å². The molecule has 0 fully saturated rings. The van der Waals surface area contributed by atoms with Gasteiger partial charge in [-0.2, -0.15) is 0 Å². The first-order chi connectivity index (χ1) is 4.63. The summed E-state index contributed by atoms with van der Waals surface area (Å²) in [7, 11) is 0. The number of carbonyl (C=O) groups is 1. The molecule has 0 amide bonds. The summed E-state index contributed by atoms with van der Waals surface area (Å²) in [5, 5.41) is 16.9. The number of carboxylic acid groups (broad SMARTS) is 1. The zero-order valence-corrected chi connectivity index (χ0v) is 5.95. The smallest absolute Gasteiger partial charge is 0.327 e. The molecule has 0 aliphatic carbocycles. The van der Waals surface area contributed by atoms with Crippen molar-refractivity contribution in [1.29, 1.82) is 0 Å². The second-order valence-electron chi connectivity index (χ2n) is 2.17. The summed E-state index contributed by atoms with van der Waals surface area (Å²) in [6.07, 6.45) is 3.50. The van der Waals surface area contributed by atoms with E-state index in [0.717, 1.165) is 6.08 Å². The topological polar surface area (TPSA) is 57.5 Å². The van der Waals surface area contributed by atoms with Crippen LogP contribution in [-0.4, -0.2) is 22.3 Å². The van der Waals surface area contributed by atoms with E-state index in [2.05, 4.69) is 0 Å². The van der Waals surface area contributed by atoms with Crippen LogP contribution in [0, 0.1) is 0 Å². The number of hydrogen-bond donors (Lipinski definition) is 2. The SMILES string of the molecule is C[C@@H](O)CC/C=C/C(=O)O. The van der Waals surface area contributed by atoms with E-state index in [0.29, 0.717) is 12.8 Å². The Bertz CT molecular complexity index is 127. The van der Waals surface area contributed by atoms with Gasteiger partial charge in [-0.15, -0.1) is 0 Å². The molecule has 0 bridgehead atoms. The second-order valence-corrected chi connectivity index (χ2v) is 2.17. The van der Waals surface area contributed by atoms with E-state index in [1.807, 2.05) is 0 Å². The van der Waals surface area contributed by atoms with Crippen LogP contribution in [0.1, 0.15) is 19.8 Å². The van der Waals surface area contributed by atoms with Crippen molar-refractivity contribution >= 4 is 5.97 Å². The molecule has 0 radical (unpaired) electrons. The van der Waals surface area contributed by atoms with Gasteiger partial charge in [-0.3, -0.25) is 0 Å². The minimum atomic E-state index is -0.939. The van der Waals surface area contributed by atoms with Gasteiger partial charge >= 0.3 is 5.97 Å². The van der Waals surface area contributed by atoms with Crippen molar-refractivity contribution in [2.75, 3.05) is 0 Å². The molecule has 2 N–H and O–H groups in total. The van der Waals surface area contributed by atoms with Crippen LogP contribution in [0.25, 0.3) is 0 Å². The minimum absolute atomic E-state index is 0.349.